The molecule has 2 aliphatic heterocycles. The molecular weight excluding hydrogens is 349 g/mol. The van der Waals surface area contributed by atoms with Crippen LogP contribution in [0.2, 0.25) is 0 Å². The van der Waals surface area contributed by atoms with Gasteiger partial charge in [-0.25, -0.2) is 4.39 Å². The van der Waals surface area contributed by atoms with E-state index in [1.165, 1.54) is 24.3 Å². The molecular formula is C19H22FN5O2. The molecule has 1 atom stereocenters. The zero-order chi connectivity index (χ0) is 18.8. The Labute approximate surface area is 156 Å². The summed E-state index contributed by atoms with van der Waals surface area (Å²) in [7, 11) is 0. The number of hydrogen-bond donors (Lipinski definition) is 1. The first kappa shape index (κ1) is 17.8. The van der Waals surface area contributed by atoms with Crippen LogP contribution in [0, 0.1) is 5.82 Å². The number of aromatic nitrogens is 2. The van der Waals surface area contributed by atoms with Crippen molar-refractivity contribution in [3.63, 3.8) is 0 Å². The normalized spacial score (nSPS) is 20.8. The maximum absolute atomic E-state index is 14.0. The van der Waals surface area contributed by atoms with Crippen LogP contribution in [0.3, 0.4) is 0 Å². The summed E-state index contributed by atoms with van der Waals surface area (Å²) < 4.78 is 15.0. The number of carbonyl (C=O) groups excluding carboxylic acids is 1. The molecule has 2 saturated heterocycles. The second-order valence-electron chi connectivity index (χ2n) is 6.90. The SMILES string of the molecule is O=C(c1ccc(=O)n(-c2ccccc2F)n1)N1CCC(N2CCNCC2)C1. The van der Waals surface area contributed by atoms with Crippen LogP contribution >= 0.6 is 0 Å². The number of halogens is 1. The van der Waals surface area contributed by atoms with Gasteiger partial charge in [-0.1, -0.05) is 12.1 Å². The Hall–Kier alpha value is -2.58. The Bertz CT molecular complexity index is 894. The number of benzene rings is 1. The predicted molar refractivity (Wildman–Crippen MR) is 98.5 cm³/mol. The van der Waals surface area contributed by atoms with Crippen molar-refractivity contribution in [2.75, 3.05) is 39.3 Å². The summed E-state index contributed by atoms with van der Waals surface area (Å²) in [5.41, 5.74) is -0.284. The smallest absolute Gasteiger partial charge is 0.274 e. The molecule has 1 N–H and O–H groups in total. The molecule has 2 aromatic rings. The third kappa shape index (κ3) is 3.63. The van der Waals surface area contributed by atoms with Crippen molar-refractivity contribution in [3.8, 4) is 5.69 Å². The highest BCUT2D eigenvalue weighted by Crippen LogP contribution is 2.18. The highest BCUT2D eigenvalue weighted by atomic mass is 19.1. The fourth-order valence-electron chi connectivity index (χ4n) is 3.75. The minimum Gasteiger partial charge on any atom is -0.336 e. The molecule has 1 unspecified atom stereocenters. The fraction of sp³-hybridized carbons (Fsp3) is 0.421. The Kier molecular flexibility index (Phi) is 5.00. The number of hydrogen-bond acceptors (Lipinski definition) is 5. The summed E-state index contributed by atoms with van der Waals surface area (Å²) in [5.74, 6) is -0.783. The first-order chi connectivity index (χ1) is 13.1. The number of nitrogens with zero attached hydrogens (tertiary/aromatic N) is 4. The number of amides is 1. The lowest BCUT2D eigenvalue weighted by Gasteiger charge is -2.32. The zero-order valence-corrected chi connectivity index (χ0v) is 15.0. The molecule has 2 aliphatic rings. The summed E-state index contributed by atoms with van der Waals surface area (Å²) in [5, 5.41) is 7.47. The highest BCUT2D eigenvalue weighted by molar-refractivity contribution is 5.92. The average molecular weight is 371 g/mol. The maximum Gasteiger partial charge on any atom is 0.274 e. The van der Waals surface area contributed by atoms with Gasteiger partial charge in [0.2, 0.25) is 0 Å². The second-order valence-corrected chi connectivity index (χ2v) is 6.90. The second kappa shape index (κ2) is 7.58. The molecule has 0 saturated carbocycles. The minimum absolute atomic E-state index is 0.0391. The third-order valence-corrected chi connectivity index (χ3v) is 5.22. The molecule has 1 aromatic carbocycles. The summed E-state index contributed by atoms with van der Waals surface area (Å²) in [6.45, 7) is 5.23. The molecule has 1 amide bonds. The molecule has 0 spiro atoms. The number of nitrogens with one attached hydrogen (secondary N) is 1. The molecule has 0 bridgehead atoms. The molecule has 0 radical (unpaired) electrons. The van der Waals surface area contributed by atoms with Crippen molar-refractivity contribution in [1.29, 1.82) is 0 Å². The van der Waals surface area contributed by atoms with E-state index in [0.29, 0.717) is 19.1 Å². The summed E-state index contributed by atoms with van der Waals surface area (Å²) in [6.07, 6.45) is 0.929. The van der Waals surface area contributed by atoms with Crippen LogP contribution in [0.25, 0.3) is 5.69 Å². The Morgan fingerprint density at radius 2 is 1.89 bits per heavy atom. The Morgan fingerprint density at radius 1 is 1.11 bits per heavy atom. The first-order valence-corrected chi connectivity index (χ1v) is 9.23. The van der Waals surface area contributed by atoms with E-state index in [2.05, 4.69) is 15.3 Å². The van der Waals surface area contributed by atoms with Crippen LogP contribution < -0.4 is 10.9 Å². The van der Waals surface area contributed by atoms with Gasteiger partial charge in [0.25, 0.3) is 11.5 Å². The van der Waals surface area contributed by atoms with Gasteiger partial charge >= 0.3 is 0 Å². The van der Waals surface area contributed by atoms with Crippen LogP contribution in [-0.4, -0.2) is 70.8 Å². The molecule has 0 aliphatic carbocycles. The molecule has 142 valence electrons. The van der Waals surface area contributed by atoms with E-state index in [0.717, 1.165) is 37.3 Å². The van der Waals surface area contributed by atoms with Crippen LogP contribution in [0.1, 0.15) is 16.9 Å². The van der Waals surface area contributed by atoms with Gasteiger partial charge in [-0.15, -0.1) is 0 Å². The van der Waals surface area contributed by atoms with Crippen molar-refractivity contribution < 1.29 is 9.18 Å². The lowest BCUT2D eigenvalue weighted by Crippen LogP contribution is -2.49. The van der Waals surface area contributed by atoms with Gasteiger partial charge in [-0.2, -0.15) is 9.78 Å². The van der Waals surface area contributed by atoms with Gasteiger partial charge in [0.15, 0.2) is 0 Å². The number of rotatable bonds is 3. The predicted octanol–water partition coefficient (Wildman–Crippen LogP) is 0.491. The third-order valence-electron chi connectivity index (χ3n) is 5.22. The van der Waals surface area contributed by atoms with Crippen LogP contribution in [0.4, 0.5) is 4.39 Å². The lowest BCUT2D eigenvalue weighted by molar-refractivity contribution is 0.0765. The first-order valence-electron chi connectivity index (χ1n) is 9.23. The monoisotopic (exact) mass is 371 g/mol. The lowest BCUT2D eigenvalue weighted by atomic mass is 10.2. The van der Waals surface area contributed by atoms with Gasteiger partial charge in [0.1, 0.15) is 17.2 Å². The van der Waals surface area contributed by atoms with Gasteiger partial charge in [0.05, 0.1) is 0 Å². The van der Waals surface area contributed by atoms with E-state index in [4.69, 9.17) is 0 Å². The van der Waals surface area contributed by atoms with Gasteiger partial charge in [0, 0.05) is 51.4 Å². The van der Waals surface area contributed by atoms with E-state index in [9.17, 15) is 14.0 Å². The minimum atomic E-state index is -0.559. The molecule has 8 heteroatoms. The summed E-state index contributed by atoms with van der Waals surface area (Å²) >= 11 is 0. The van der Waals surface area contributed by atoms with Crippen LogP contribution in [0.15, 0.2) is 41.2 Å². The van der Waals surface area contributed by atoms with Gasteiger partial charge < -0.3 is 10.2 Å². The Morgan fingerprint density at radius 3 is 2.67 bits per heavy atom. The van der Waals surface area contributed by atoms with Crippen molar-refractivity contribution >= 4 is 5.91 Å². The van der Waals surface area contributed by atoms with E-state index < -0.39 is 11.4 Å². The molecule has 1 aromatic heterocycles. The average Bonchev–Trinajstić information content (AvgIpc) is 3.19. The molecule has 4 rings (SSSR count). The number of likely N-dealkylation sites (tertiary alicyclic amines) is 1. The fourth-order valence-corrected chi connectivity index (χ4v) is 3.75. The molecule has 3 heterocycles. The number of carbonyl (C=O) groups is 1. The summed E-state index contributed by atoms with van der Waals surface area (Å²) in [4.78, 5) is 29.2. The molecule has 7 nitrogen and oxygen atoms in total. The number of piperazine rings is 1. The van der Waals surface area contributed by atoms with Crippen LogP contribution in [0.5, 0.6) is 0 Å². The highest BCUT2D eigenvalue weighted by Gasteiger charge is 2.32. The van der Waals surface area contributed by atoms with Crippen molar-refractivity contribution in [2.24, 2.45) is 0 Å². The maximum atomic E-state index is 14.0. The van der Waals surface area contributed by atoms with E-state index in [1.54, 1.807) is 17.0 Å². The van der Waals surface area contributed by atoms with Crippen molar-refractivity contribution in [2.45, 2.75) is 12.5 Å². The van der Waals surface area contributed by atoms with E-state index >= 15 is 0 Å². The van der Waals surface area contributed by atoms with Gasteiger partial charge in [-0.3, -0.25) is 14.5 Å². The number of para-hydroxylation sites is 1. The van der Waals surface area contributed by atoms with Gasteiger partial charge in [-0.05, 0) is 24.6 Å². The van der Waals surface area contributed by atoms with Crippen molar-refractivity contribution in [1.82, 2.24) is 24.9 Å². The quantitative estimate of drug-likeness (QED) is 0.851. The van der Waals surface area contributed by atoms with Crippen molar-refractivity contribution in [3.05, 3.63) is 58.3 Å². The van der Waals surface area contributed by atoms with E-state index in [-0.39, 0.29) is 17.3 Å². The Balaban J connectivity index is 1.54. The zero-order valence-electron chi connectivity index (χ0n) is 15.0. The topological polar surface area (TPSA) is 70.5 Å². The molecule has 27 heavy (non-hydrogen) atoms. The largest absolute Gasteiger partial charge is 0.336 e. The standard InChI is InChI=1S/C19H22FN5O2/c20-15-3-1-2-4-17(15)25-18(26)6-5-16(22-25)19(27)24-10-7-14(13-24)23-11-8-21-9-12-23/h1-6,14,21H,7-13H2. The summed E-state index contributed by atoms with van der Waals surface area (Å²) in [6, 6.07) is 8.92. The molecule has 2 fully saturated rings. The van der Waals surface area contributed by atoms with Crippen LogP contribution in [-0.2, 0) is 0 Å². The van der Waals surface area contributed by atoms with E-state index in [1.807, 2.05) is 0 Å².